The van der Waals surface area contributed by atoms with Crippen molar-refractivity contribution in [1.29, 1.82) is 0 Å². The molecule has 19 heavy (non-hydrogen) atoms. The van der Waals surface area contributed by atoms with Crippen molar-refractivity contribution in [2.75, 3.05) is 6.54 Å². The molecule has 2 atom stereocenters. The number of halogens is 4. The highest BCUT2D eigenvalue weighted by Gasteiger charge is 2.30. The average Bonchev–Trinajstić information content (AvgIpc) is 2.27. The van der Waals surface area contributed by atoms with Gasteiger partial charge in [0.05, 0.1) is 5.56 Å². The van der Waals surface area contributed by atoms with Crippen molar-refractivity contribution in [3.8, 4) is 0 Å². The Labute approximate surface area is 117 Å². The first-order chi connectivity index (χ1) is 8.34. The van der Waals surface area contributed by atoms with Crippen LogP contribution in [0.3, 0.4) is 0 Å². The summed E-state index contributed by atoms with van der Waals surface area (Å²) in [6.07, 6.45) is -3.03. The molecule has 2 unspecified atom stereocenters. The van der Waals surface area contributed by atoms with E-state index in [1.165, 1.54) is 12.1 Å². The Balaban J connectivity index is 0.00000324. The third-order valence-corrected chi connectivity index (χ3v) is 2.86. The van der Waals surface area contributed by atoms with E-state index in [1.54, 1.807) is 6.07 Å². The molecule has 0 amide bonds. The minimum atomic E-state index is -4.31. The van der Waals surface area contributed by atoms with E-state index in [2.05, 4.69) is 0 Å². The molecule has 0 fully saturated rings. The lowest BCUT2D eigenvalue weighted by Gasteiger charge is -2.20. The molecule has 4 N–H and O–H groups in total. The van der Waals surface area contributed by atoms with Gasteiger partial charge in [-0.25, -0.2) is 0 Å². The van der Waals surface area contributed by atoms with Gasteiger partial charge in [-0.3, -0.25) is 0 Å². The fourth-order valence-corrected chi connectivity index (χ4v) is 2.04. The number of rotatable bonds is 5. The van der Waals surface area contributed by atoms with Crippen molar-refractivity contribution >= 4 is 12.4 Å². The highest BCUT2D eigenvalue weighted by atomic mass is 35.5. The molecular formula is C13H20ClF3N2. The number of benzene rings is 1. The topological polar surface area (TPSA) is 52.0 Å². The van der Waals surface area contributed by atoms with Crippen LogP contribution in [-0.2, 0) is 6.18 Å². The largest absolute Gasteiger partial charge is 0.416 e. The molecule has 0 aliphatic heterocycles. The molecule has 110 valence electrons. The van der Waals surface area contributed by atoms with E-state index in [-0.39, 0.29) is 24.4 Å². The fourth-order valence-electron chi connectivity index (χ4n) is 2.04. The van der Waals surface area contributed by atoms with E-state index in [9.17, 15) is 13.2 Å². The maximum Gasteiger partial charge on any atom is 0.416 e. The molecule has 1 rings (SSSR count). The van der Waals surface area contributed by atoms with E-state index in [1.807, 2.05) is 6.92 Å². The summed E-state index contributed by atoms with van der Waals surface area (Å²) in [5.41, 5.74) is 11.3. The highest BCUT2D eigenvalue weighted by molar-refractivity contribution is 5.85. The van der Waals surface area contributed by atoms with Crippen molar-refractivity contribution in [2.45, 2.75) is 37.9 Å². The predicted octanol–water partition coefficient (Wildman–Crippen LogP) is 3.30. The zero-order valence-electron chi connectivity index (χ0n) is 10.8. The first-order valence-corrected chi connectivity index (χ1v) is 5.97. The summed E-state index contributed by atoms with van der Waals surface area (Å²) in [7, 11) is 0. The van der Waals surface area contributed by atoms with Crippen LogP contribution in [-0.4, -0.2) is 12.6 Å². The smallest absolute Gasteiger partial charge is 0.330 e. The van der Waals surface area contributed by atoms with E-state index < -0.39 is 11.7 Å². The van der Waals surface area contributed by atoms with Gasteiger partial charge in [-0.15, -0.1) is 12.4 Å². The lowest BCUT2D eigenvalue weighted by atomic mass is 9.89. The molecule has 0 spiro atoms. The summed E-state index contributed by atoms with van der Waals surface area (Å²) < 4.78 is 37.9. The highest BCUT2D eigenvalue weighted by Crippen LogP contribution is 2.32. The van der Waals surface area contributed by atoms with Crippen LogP contribution in [0.2, 0.25) is 0 Å². The normalized spacial score (nSPS) is 14.6. The number of nitrogens with two attached hydrogens (primary N) is 2. The van der Waals surface area contributed by atoms with E-state index in [0.717, 1.165) is 6.07 Å². The summed E-state index contributed by atoms with van der Waals surface area (Å²) in [5, 5.41) is 0. The Morgan fingerprint density at radius 2 is 1.89 bits per heavy atom. The van der Waals surface area contributed by atoms with Gasteiger partial charge in [0.25, 0.3) is 0 Å². The van der Waals surface area contributed by atoms with Crippen LogP contribution in [0.4, 0.5) is 13.2 Å². The zero-order chi connectivity index (χ0) is 13.8. The van der Waals surface area contributed by atoms with Gasteiger partial charge in [-0.2, -0.15) is 13.2 Å². The average molecular weight is 297 g/mol. The van der Waals surface area contributed by atoms with E-state index >= 15 is 0 Å². The Hall–Kier alpha value is -0.780. The molecule has 2 nitrogen and oxygen atoms in total. The van der Waals surface area contributed by atoms with Crippen molar-refractivity contribution in [2.24, 2.45) is 11.5 Å². The van der Waals surface area contributed by atoms with Gasteiger partial charge in [0.15, 0.2) is 0 Å². The third kappa shape index (κ3) is 5.80. The molecule has 0 aliphatic carbocycles. The number of hydrogen-bond donors (Lipinski definition) is 2. The molecular weight excluding hydrogens is 277 g/mol. The lowest BCUT2D eigenvalue weighted by molar-refractivity contribution is -0.137. The van der Waals surface area contributed by atoms with Crippen molar-refractivity contribution in [1.82, 2.24) is 0 Å². The molecule has 0 saturated heterocycles. The fraction of sp³-hybridized carbons (Fsp3) is 0.538. The van der Waals surface area contributed by atoms with Crippen molar-refractivity contribution < 1.29 is 13.2 Å². The molecule has 0 bridgehead atoms. The summed E-state index contributed by atoms with van der Waals surface area (Å²) >= 11 is 0. The Morgan fingerprint density at radius 3 is 2.37 bits per heavy atom. The van der Waals surface area contributed by atoms with Crippen LogP contribution in [0.25, 0.3) is 0 Å². The number of alkyl halides is 3. The van der Waals surface area contributed by atoms with Crippen LogP contribution in [0, 0.1) is 0 Å². The standard InChI is InChI=1S/C13H19F3N2.ClH/c1-9(18)7-11(5-6-17)10-3-2-4-12(8-10)13(14,15)16;/h2-4,8-9,11H,5-7,17-18H2,1H3;1H. The third-order valence-electron chi connectivity index (χ3n) is 2.86. The quantitative estimate of drug-likeness (QED) is 0.876. The monoisotopic (exact) mass is 296 g/mol. The SMILES string of the molecule is CC(N)CC(CCN)c1cccc(C(F)(F)F)c1.Cl. The van der Waals surface area contributed by atoms with E-state index in [4.69, 9.17) is 11.5 Å². The second kappa shape index (κ2) is 7.72. The number of hydrogen-bond acceptors (Lipinski definition) is 2. The second-order valence-electron chi connectivity index (χ2n) is 4.61. The van der Waals surface area contributed by atoms with Crippen molar-refractivity contribution in [3.63, 3.8) is 0 Å². The lowest BCUT2D eigenvalue weighted by Crippen LogP contribution is -2.20. The van der Waals surface area contributed by atoms with Gasteiger partial charge in [0, 0.05) is 6.04 Å². The van der Waals surface area contributed by atoms with Gasteiger partial charge in [0.2, 0.25) is 0 Å². The van der Waals surface area contributed by atoms with Crippen LogP contribution >= 0.6 is 12.4 Å². The van der Waals surface area contributed by atoms with E-state index in [0.29, 0.717) is 24.9 Å². The van der Waals surface area contributed by atoms with Gasteiger partial charge < -0.3 is 11.5 Å². The minimum absolute atomic E-state index is 0. The summed E-state index contributed by atoms with van der Waals surface area (Å²) in [6, 6.07) is 5.36. The Bertz CT molecular complexity index is 380. The Kier molecular flexibility index (Phi) is 7.41. The van der Waals surface area contributed by atoms with Gasteiger partial charge in [-0.05, 0) is 43.9 Å². The summed E-state index contributed by atoms with van der Waals surface area (Å²) in [4.78, 5) is 0. The second-order valence-corrected chi connectivity index (χ2v) is 4.61. The van der Waals surface area contributed by atoms with Gasteiger partial charge >= 0.3 is 6.18 Å². The van der Waals surface area contributed by atoms with Crippen LogP contribution < -0.4 is 11.5 Å². The predicted molar refractivity (Wildman–Crippen MR) is 73.4 cm³/mol. The van der Waals surface area contributed by atoms with Crippen LogP contribution in [0.5, 0.6) is 0 Å². The van der Waals surface area contributed by atoms with Crippen molar-refractivity contribution in [3.05, 3.63) is 35.4 Å². The molecule has 0 aliphatic rings. The Morgan fingerprint density at radius 1 is 1.26 bits per heavy atom. The van der Waals surface area contributed by atoms with Crippen LogP contribution in [0.15, 0.2) is 24.3 Å². The molecule has 6 heteroatoms. The van der Waals surface area contributed by atoms with Crippen LogP contribution in [0.1, 0.15) is 36.8 Å². The minimum Gasteiger partial charge on any atom is -0.330 e. The summed E-state index contributed by atoms with van der Waals surface area (Å²) in [6.45, 7) is 2.28. The molecule has 0 heterocycles. The maximum absolute atomic E-state index is 12.6. The maximum atomic E-state index is 12.6. The van der Waals surface area contributed by atoms with Gasteiger partial charge in [-0.1, -0.05) is 18.2 Å². The molecule has 0 radical (unpaired) electrons. The first-order valence-electron chi connectivity index (χ1n) is 5.97. The molecule has 1 aromatic carbocycles. The summed E-state index contributed by atoms with van der Waals surface area (Å²) in [5.74, 6) is -0.0164. The van der Waals surface area contributed by atoms with Gasteiger partial charge in [0.1, 0.15) is 0 Å². The molecule has 1 aromatic rings. The molecule has 0 saturated carbocycles. The molecule has 0 aromatic heterocycles. The first kappa shape index (κ1) is 18.2. The zero-order valence-corrected chi connectivity index (χ0v) is 11.6.